The summed E-state index contributed by atoms with van der Waals surface area (Å²) >= 11 is 0. The summed E-state index contributed by atoms with van der Waals surface area (Å²) < 4.78 is 7.37. The van der Waals surface area contributed by atoms with E-state index in [1.54, 1.807) is 4.90 Å². The maximum Gasteiger partial charge on any atom is 0.410 e. The van der Waals surface area contributed by atoms with Gasteiger partial charge in [0.25, 0.3) is 0 Å². The van der Waals surface area contributed by atoms with Crippen LogP contribution in [0.1, 0.15) is 58.5 Å². The quantitative estimate of drug-likeness (QED) is 0.510. The summed E-state index contributed by atoms with van der Waals surface area (Å²) in [5.74, 6) is 0.749. The molecule has 0 saturated carbocycles. The second-order valence-electron chi connectivity index (χ2n) is 8.34. The summed E-state index contributed by atoms with van der Waals surface area (Å²) in [6.07, 6.45) is 0.568. The van der Waals surface area contributed by atoms with Gasteiger partial charge in [-0.1, -0.05) is 0 Å². The van der Waals surface area contributed by atoms with Crippen LogP contribution in [0.5, 0.6) is 0 Å². The van der Waals surface area contributed by atoms with Gasteiger partial charge in [-0.3, -0.25) is 9.67 Å². The molecule has 0 aliphatic carbocycles. The topological polar surface area (TPSA) is 83.8 Å². The molecule has 1 aromatic heterocycles. The molecule has 166 valence electrons. The van der Waals surface area contributed by atoms with Crippen molar-refractivity contribution in [3.8, 4) is 0 Å². The molecule has 1 unspecified atom stereocenters. The van der Waals surface area contributed by atoms with Crippen molar-refractivity contribution in [3.63, 3.8) is 0 Å². The van der Waals surface area contributed by atoms with Crippen molar-refractivity contribution >= 4 is 12.1 Å². The van der Waals surface area contributed by atoms with E-state index in [1.165, 1.54) is 11.3 Å². The Labute approximate surface area is 176 Å². The monoisotopic (exact) mass is 408 g/mol. The number of aliphatic imine (C=N–C) groups is 1. The van der Waals surface area contributed by atoms with Crippen molar-refractivity contribution in [1.29, 1.82) is 0 Å². The molecule has 1 rings (SSSR count). The maximum atomic E-state index is 12.3. The summed E-state index contributed by atoms with van der Waals surface area (Å²) in [7, 11) is 1.97. The van der Waals surface area contributed by atoms with Gasteiger partial charge in [0.1, 0.15) is 5.60 Å². The van der Waals surface area contributed by atoms with Crippen LogP contribution in [0, 0.1) is 13.8 Å². The first-order valence-corrected chi connectivity index (χ1v) is 10.5. The number of nitrogens with one attached hydrogen (secondary N) is 2. The molecule has 0 spiro atoms. The minimum atomic E-state index is -0.498. The van der Waals surface area contributed by atoms with Crippen LogP contribution in [0.2, 0.25) is 0 Å². The zero-order chi connectivity index (χ0) is 22.2. The van der Waals surface area contributed by atoms with E-state index < -0.39 is 5.60 Å². The van der Waals surface area contributed by atoms with Gasteiger partial charge in [-0.25, -0.2) is 4.79 Å². The second-order valence-corrected chi connectivity index (χ2v) is 8.34. The van der Waals surface area contributed by atoms with Gasteiger partial charge in [0.05, 0.1) is 12.2 Å². The Morgan fingerprint density at radius 2 is 1.97 bits per heavy atom. The molecule has 8 heteroatoms. The Balaban J connectivity index is 2.68. The van der Waals surface area contributed by atoms with Crippen LogP contribution >= 0.6 is 0 Å². The Morgan fingerprint density at radius 1 is 1.31 bits per heavy atom. The molecule has 1 atom stereocenters. The second kappa shape index (κ2) is 11.1. The Bertz CT molecular complexity index is 690. The van der Waals surface area contributed by atoms with Crippen molar-refractivity contribution < 1.29 is 9.53 Å². The smallest absolute Gasteiger partial charge is 0.410 e. The molecule has 0 aliphatic heterocycles. The lowest BCUT2D eigenvalue weighted by molar-refractivity contribution is 0.0266. The molecule has 0 aliphatic rings. The number of aryl methyl sites for hydroxylation is 2. The first-order valence-electron chi connectivity index (χ1n) is 10.5. The average molecular weight is 409 g/mol. The lowest BCUT2D eigenvalue weighted by atomic mass is 10.1. The third-order valence-corrected chi connectivity index (χ3v) is 4.57. The Kier molecular flexibility index (Phi) is 9.46. The van der Waals surface area contributed by atoms with E-state index in [0.717, 1.165) is 24.6 Å². The number of amides is 1. The van der Waals surface area contributed by atoms with Crippen LogP contribution in [-0.2, 0) is 18.2 Å². The third kappa shape index (κ3) is 8.33. The van der Waals surface area contributed by atoms with Crippen LogP contribution in [-0.4, -0.2) is 64.6 Å². The first-order chi connectivity index (χ1) is 13.5. The molecule has 0 fully saturated rings. The lowest BCUT2D eigenvalue weighted by Crippen LogP contribution is -2.44. The average Bonchev–Trinajstić information content (AvgIpc) is 2.83. The highest BCUT2D eigenvalue weighted by molar-refractivity contribution is 5.80. The third-order valence-electron chi connectivity index (χ3n) is 4.57. The molecule has 29 heavy (non-hydrogen) atoms. The molecule has 1 amide bonds. The summed E-state index contributed by atoms with van der Waals surface area (Å²) in [6.45, 7) is 18.2. The highest BCUT2D eigenvalue weighted by Gasteiger charge is 2.20. The van der Waals surface area contributed by atoms with Crippen LogP contribution in [0.15, 0.2) is 4.99 Å². The summed E-state index contributed by atoms with van der Waals surface area (Å²) in [6, 6.07) is 0.197. The molecular formula is C21H40N6O2. The zero-order valence-corrected chi connectivity index (χ0v) is 19.7. The van der Waals surface area contributed by atoms with E-state index in [-0.39, 0.29) is 12.1 Å². The molecule has 0 radical (unpaired) electrons. The number of likely N-dealkylation sites (N-methyl/N-ethyl adjacent to an activating group) is 1. The summed E-state index contributed by atoms with van der Waals surface area (Å²) in [5, 5.41) is 11.2. The minimum absolute atomic E-state index is 0.197. The zero-order valence-electron chi connectivity index (χ0n) is 19.7. The lowest BCUT2D eigenvalue weighted by Gasteiger charge is -2.26. The molecule has 8 nitrogen and oxygen atoms in total. The molecule has 0 aromatic carbocycles. The maximum absolute atomic E-state index is 12.3. The Morgan fingerprint density at radius 3 is 2.45 bits per heavy atom. The standard InChI is InChI=1S/C21H40N6O2/c1-10-22-19(23-12-13-27(11-2)20(28)29-21(6,7)8)24-15(3)14-18-16(4)25-26(9)17(18)5/h15H,10-14H2,1-9H3,(H2,22,23,24). The van der Waals surface area contributed by atoms with E-state index in [4.69, 9.17) is 4.74 Å². The number of ether oxygens (including phenoxy) is 1. The van der Waals surface area contributed by atoms with Gasteiger partial charge >= 0.3 is 6.09 Å². The number of carbonyl (C=O) groups excluding carboxylic acids is 1. The number of rotatable bonds is 8. The van der Waals surface area contributed by atoms with Crippen molar-refractivity contribution in [2.24, 2.45) is 12.0 Å². The van der Waals surface area contributed by atoms with Gasteiger partial charge in [-0.2, -0.15) is 5.10 Å². The minimum Gasteiger partial charge on any atom is -0.444 e. The van der Waals surface area contributed by atoms with E-state index in [9.17, 15) is 4.79 Å². The van der Waals surface area contributed by atoms with E-state index >= 15 is 0 Å². The fourth-order valence-corrected chi connectivity index (χ4v) is 3.01. The number of carbonyl (C=O) groups is 1. The Hall–Kier alpha value is -2.25. The van der Waals surface area contributed by atoms with Crippen LogP contribution in [0.4, 0.5) is 4.79 Å². The fraction of sp³-hybridized carbons (Fsp3) is 0.762. The largest absolute Gasteiger partial charge is 0.444 e. The molecule has 2 N–H and O–H groups in total. The van der Waals surface area contributed by atoms with Crippen LogP contribution in [0.3, 0.4) is 0 Å². The molecule has 0 bridgehead atoms. The van der Waals surface area contributed by atoms with Gasteiger partial charge < -0.3 is 20.3 Å². The highest BCUT2D eigenvalue weighted by atomic mass is 16.6. The predicted octanol–water partition coefficient (Wildman–Crippen LogP) is 2.78. The molecule has 0 saturated heterocycles. The molecule has 1 aromatic rings. The summed E-state index contributed by atoms with van der Waals surface area (Å²) in [5.41, 5.74) is 3.03. The van der Waals surface area contributed by atoms with Crippen molar-refractivity contribution in [2.75, 3.05) is 26.2 Å². The van der Waals surface area contributed by atoms with Gasteiger partial charge in [0.15, 0.2) is 5.96 Å². The van der Waals surface area contributed by atoms with Crippen LogP contribution < -0.4 is 10.6 Å². The van der Waals surface area contributed by atoms with Crippen molar-refractivity contribution in [2.45, 2.75) is 73.5 Å². The van der Waals surface area contributed by atoms with Gasteiger partial charge in [0.2, 0.25) is 0 Å². The SMILES string of the molecule is CCNC(=NCCN(CC)C(=O)OC(C)(C)C)NC(C)Cc1c(C)nn(C)c1C. The van der Waals surface area contributed by atoms with Gasteiger partial charge in [0, 0.05) is 38.4 Å². The molecular weight excluding hydrogens is 368 g/mol. The van der Waals surface area contributed by atoms with E-state index in [2.05, 4.69) is 34.6 Å². The normalized spacial score (nSPS) is 13.2. The number of hydrogen-bond acceptors (Lipinski definition) is 4. The van der Waals surface area contributed by atoms with E-state index in [0.29, 0.717) is 19.6 Å². The number of nitrogens with zero attached hydrogens (tertiary/aromatic N) is 4. The first kappa shape index (κ1) is 24.8. The fourth-order valence-electron chi connectivity index (χ4n) is 3.01. The van der Waals surface area contributed by atoms with E-state index in [1.807, 2.05) is 53.3 Å². The highest BCUT2D eigenvalue weighted by Crippen LogP contribution is 2.14. The van der Waals surface area contributed by atoms with Gasteiger partial charge in [-0.05, 0) is 67.4 Å². The number of aromatic nitrogens is 2. The molecule has 1 heterocycles. The summed E-state index contributed by atoms with van der Waals surface area (Å²) in [4.78, 5) is 18.6. The van der Waals surface area contributed by atoms with Crippen LogP contribution in [0.25, 0.3) is 0 Å². The predicted molar refractivity (Wildman–Crippen MR) is 118 cm³/mol. The number of guanidine groups is 1. The number of hydrogen-bond donors (Lipinski definition) is 2. The van der Waals surface area contributed by atoms with Crippen molar-refractivity contribution in [3.05, 3.63) is 17.0 Å². The van der Waals surface area contributed by atoms with Gasteiger partial charge in [-0.15, -0.1) is 0 Å². The van der Waals surface area contributed by atoms with Crippen molar-refractivity contribution in [1.82, 2.24) is 25.3 Å².